The second-order valence-electron chi connectivity index (χ2n) is 5.68. The number of amides is 1. The van der Waals surface area contributed by atoms with Crippen LogP contribution in [0.2, 0.25) is 0 Å². The molecule has 1 aliphatic rings. The fourth-order valence-electron chi connectivity index (χ4n) is 3.20. The Hall–Kier alpha value is -2.03. The van der Waals surface area contributed by atoms with Crippen LogP contribution in [0.15, 0.2) is 42.6 Å². The number of benzene rings is 1. The molecule has 0 bridgehead atoms. The maximum atomic E-state index is 12.5. The Morgan fingerprint density at radius 3 is 2.75 bits per heavy atom. The van der Waals surface area contributed by atoms with Crippen molar-refractivity contribution in [2.24, 2.45) is 0 Å². The molecule has 0 aliphatic carbocycles. The van der Waals surface area contributed by atoms with E-state index in [0.717, 1.165) is 13.0 Å². The summed E-state index contributed by atoms with van der Waals surface area (Å²) in [5.74, 6) is 0.559. The number of rotatable bonds is 2. The van der Waals surface area contributed by atoms with Crippen molar-refractivity contribution in [1.29, 1.82) is 0 Å². The van der Waals surface area contributed by atoms with E-state index in [2.05, 4.69) is 43.1 Å². The number of hydrogen-bond donors (Lipinski definition) is 1. The molecule has 3 heteroatoms. The van der Waals surface area contributed by atoms with Crippen molar-refractivity contribution in [2.45, 2.75) is 32.2 Å². The van der Waals surface area contributed by atoms with Crippen LogP contribution in [0, 0.1) is 6.92 Å². The summed E-state index contributed by atoms with van der Waals surface area (Å²) in [6.45, 7) is 5.10. The quantitative estimate of drug-likeness (QED) is 0.891. The molecule has 1 saturated heterocycles. The molecule has 1 aliphatic heterocycles. The molecule has 1 aromatic carbocycles. The molecule has 0 saturated carbocycles. The van der Waals surface area contributed by atoms with E-state index in [4.69, 9.17) is 0 Å². The average Bonchev–Trinajstić information content (AvgIpc) is 3.08. The molecule has 3 nitrogen and oxygen atoms in total. The van der Waals surface area contributed by atoms with Crippen LogP contribution in [0.5, 0.6) is 0 Å². The van der Waals surface area contributed by atoms with E-state index in [1.807, 2.05) is 17.0 Å². The van der Waals surface area contributed by atoms with Gasteiger partial charge in [0, 0.05) is 24.7 Å². The largest absolute Gasteiger partial charge is 0.357 e. The van der Waals surface area contributed by atoms with Gasteiger partial charge in [-0.25, -0.2) is 0 Å². The number of nitrogens with one attached hydrogen (secondary N) is 1. The molecule has 1 fully saturated rings. The third-order valence-corrected chi connectivity index (χ3v) is 4.29. The van der Waals surface area contributed by atoms with Crippen molar-refractivity contribution in [3.63, 3.8) is 0 Å². The predicted octanol–water partition coefficient (Wildman–Crippen LogP) is 3.34. The number of aromatic amines is 1. The van der Waals surface area contributed by atoms with Crippen LogP contribution in [0.3, 0.4) is 0 Å². The van der Waals surface area contributed by atoms with Gasteiger partial charge in [0.15, 0.2) is 0 Å². The molecule has 2 aromatic rings. The standard InChI is InChI=1S/C17H20N2O/c1-12-6-3-4-7-15(12)14-10-13(2)19(11-14)17(20)16-8-5-9-18-16/h3-9,13-14,18H,10-11H2,1-2H3/t13-,14+/m0/s1. The summed E-state index contributed by atoms with van der Waals surface area (Å²) in [6, 6.07) is 12.5. The van der Waals surface area contributed by atoms with Crippen LogP contribution in [-0.4, -0.2) is 28.4 Å². The van der Waals surface area contributed by atoms with Gasteiger partial charge in [-0.1, -0.05) is 24.3 Å². The van der Waals surface area contributed by atoms with E-state index >= 15 is 0 Å². The topological polar surface area (TPSA) is 36.1 Å². The molecule has 2 heterocycles. The number of carbonyl (C=O) groups excluding carboxylic acids is 1. The number of hydrogen-bond acceptors (Lipinski definition) is 1. The van der Waals surface area contributed by atoms with Crippen LogP contribution in [0.4, 0.5) is 0 Å². The monoisotopic (exact) mass is 268 g/mol. The van der Waals surface area contributed by atoms with E-state index in [1.54, 1.807) is 6.20 Å². The van der Waals surface area contributed by atoms with Crippen molar-refractivity contribution in [3.8, 4) is 0 Å². The molecule has 0 radical (unpaired) electrons. The van der Waals surface area contributed by atoms with E-state index in [1.165, 1.54) is 11.1 Å². The third-order valence-electron chi connectivity index (χ3n) is 4.29. The molecule has 0 spiro atoms. The van der Waals surface area contributed by atoms with Crippen molar-refractivity contribution < 1.29 is 4.79 Å². The zero-order valence-corrected chi connectivity index (χ0v) is 12.0. The lowest BCUT2D eigenvalue weighted by Gasteiger charge is -2.20. The van der Waals surface area contributed by atoms with Crippen molar-refractivity contribution in [1.82, 2.24) is 9.88 Å². The molecular formula is C17H20N2O. The van der Waals surface area contributed by atoms with Crippen LogP contribution < -0.4 is 0 Å². The number of aryl methyl sites for hydroxylation is 1. The molecular weight excluding hydrogens is 248 g/mol. The van der Waals surface area contributed by atoms with E-state index in [0.29, 0.717) is 11.6 Å². The van der Waals surface area contributed by atoms with Gasteiger partial charge in [0.05, 0.1) is 0 Å². The van der Waals surface area contributed by atoms with Gasteiger partial charge >= 0.3 is 0 Å². The lowest BCUT2D eigenvalue weighted by molar-refractivity contribution is 0.0740. The Morgan fingerprint density at radius 1 is 1.25 bits per heavy atom. The van der Waals surface area contributed by atoms with Gasteiger partial charge in [0.1, 0.15) is 5.69 Å². The predicted molar refractivity (Wildman–Crippen MR) is 79.8 cm³/mol. The summed E-state index contributed by atoms with van der Waals surface area (Å²) in [7, 11) is 0. The SMILES string of the molecule is Cc1ccccc1[C@@H]1C[C@H](C)N(C(=O)c2ccc[nH]2)C1. The van der Waals surface area contributed by atoms with Crippen LogP contribution in [0.25, 0.3) is 0 Å². The maximum Gasteiger partial charge on any atom is 0.270 e. The minimum absolute atomic E-state index is 0.110. The molecule has 104 valence electrons. The van der Waals surface area contributed by atoms with E-state index in [-0.39, 0.29) is 11.9 Å². The zero-order valence-electron chi connectivity index (χ0n) is 12.0. The number of likely N-dealkylation sites (tertiary alicyclic amines) is 1. The lowest BCUT2D eigenvalue weighted by atomic mass is 9.93. The van der Waals surface area contributed by atoms with Gasteiger partial charge in [0.25, 0.3) is 5.91 Å². The van der Waals surface area contributed by atoms with Crippen LogP contribution >= 0.6 is 0 Å². The molecule has 0 unspecified atom stereocenters. The highest BCUT2D eigenvalue weighted by Gasteiger charge is 2.34. The number of carbonyl (C=O) groups is 1. The Bertz CT molecular complexity index is 603. The number of aromatic nitrogens is 1. The van der Waals surface area contributed by atoms with E-state index < -0.39 is 0 Å². The first-order chi connectivity index (χ1) is 9.66. The van der Waals surface area contributed by atoms with Gasteiger partial charge in [0.2, 0.25) is 0 Å². The first-order valence-electron chi connectivity index (χ1n) is 7.16. The van der Waals surface area contributed by atoms with Gasteiger partial charge < -0.3 is 9.88 Å². The Balaban J connectivity index is 1.81. The van der Waals surface area contributed by atoms with Crippen molar-refractivity contribution >= 4 is 5.91 Å². The minimum Gasteiger partial charge on any atom is -0.357 e. The van der Waals surface area contributed by atoms with Gasteiger partial charge in [-0.3, -0.25) is 4.79 Å². The lowest BCUT2D eigenvalue weighted by Crippen LogP contribution is -2.34. The second kappa shape index (κ2) is 5.16. The highest BCUT2D eigenvalue weighted by atomic mass is 16.2. The van der Waals surface area contributed by atoms with Crippen LogP contribution in [0.1, 0.15) is 40.9 Å². The molecule has 1 N–H and O–H groups in total. The fraction of sp³-hybridized carbons (Fsp3) is 0.353. The molecule has 2 atom stereocenters. The van der Waals surface area contributed by atoms with Gasteiger partial charge in [-0.2, -0.15) is 0 Å². The minimum atomic E-state index is 0.110. The number of H-pyrrole nitrogens is 1. The van der Waals surface area contributed by atoms with Gasteiger partial charge in [-0.15, -0.1) is 0 Å². The molecule has 1 aromatic heterocycles. The van der Waals surface area contributed by atoms with Crippen LogP contribution in [-0.2, 0) is 0 Å². The van der Waals surface area contributed by atoms with Crippen molar-refractivity contribution in [2.75, 3.05) is 6.54 Å². The fourth-order valence-corrected chi connectivity index (χ4v) is 3.20. The second-order valence-corrected chi connectivity index (χ2v) is 5.68. The summed E-state index contributed by atoms with van der Waals surface area (Å²) < 4.78 is 0. The summed E-state index contributed by atoms with van der Waals surface area (Å²) >= 11 is 0. The zero-order chi connectivity index (χ0) is 14.1. The summed E-state index contributed by atoms with van der Waals surface area (Å²) in [4.78, 5) is 17.5. The van der Waals surface area contributed by atoms with Gasteiger partial charge in [-0.05, 0) is 43.5 Å². The Morgan fingerprint density at radius 2 is 2.05 bits per heavy atom. The highest BCUT2D eigenvalue weighted by Crippen LogP contribution is 2.33. The Labute approximate surface area is 119 Å². The summed E-state index contributed by atoms with van der Waals surface area (Å²) in [6.07, 6.45) is 2.84. The van der Waals surface area contributed by atoms with Crippen molar-refractivity contribution in [3.05, 3.63) is 59.4 Å². The average molecular weight is 268 g/mol. The third kappa shape index (κ3) is 2.24. The maximum absolute atomic E-state index is 12.5. The normalized spacial score (nSPS) is 22.2. The molecule has 20 heavy (non-hydrogen) atoms. The highest BCUT2D eigenvalue weighted by molar-refractivity contribution is 5.92. The van der Waals surface area contributed by atoms with E-state index in [9.17, 15) is 4.79 Å². The molecule has 1 amide bonds. The molecule has 3 rings (SSSR count). The summed E-state index contributed by atoms with van der Waals surface area (Å²) in [5, 5.41) is 0. The Kier molecular flexibility index (Phi) is 3.35. The first-order valence-corrected chi connectivity index (χ1v) is 7.16. The first kappa shape index (κ1) is 13.0. The number of nitrogens with zero attached hydrogens (tertiary/aromatic N) is 1. The smallest absolute Gasteiger partial charge is 0.270 e. The summed E-state index contributed by atoms with van der Waals surface area (Å²) in [5.41, 5.74) is 3.38.